The zero-order chi connectivity index (χ0) is 9.68. The molecule has 1 saturated heterocycles. The number of hydrogen-bond donors (Lipinski definition) is 1. The number of ether oxygens (including phenoxy) is 1. The van der Waals surface area contributed by atoms with Crippen molar-refractivity contribution in [3.63, 3.8) is 0 Å². The lowest BCUT2D eigenvalue weighted by atomic mass is 10.0. The van der Waals surface area contributed by atoms with Gasteiger partial charge < -0.3 is 14.7 Å². The van der Waals surface area contributed by atoms with E-state index in [-0.39, 0.29) is 6.61 Å². The Bertz CT molecular complexity index is 172. The van der Waals surface area contributed by atoms with Crippen molar-refractivity contribution in [3.05, 3.63) is 0 Å². The van der Waals surface area contributed by atoms with Crippen molar-refractivity contribution in [2.75, 3.05) is 26.8 Å². The first-order chi connectivity index (χ1) is 6.20. The predicted molar refractivity (Wildman–Crippen MR) is 48.7 cm³/mol. The second-order valence-corrected chi connectivity index (χ2v) is 3.54. The van der Waals surface area contributed by atoms with Gasteiger partial charge in [0.1, 0.15) is 6.61 Å². The summed E-state index contributed by atoms with van der Waals surface area (Å²) in [6.07, 6.45) is 3.59. The van der Waals surface area contributed by atoms with Crippen molar-refractivity contribution in [2.45, 2.75) is 25.3 Å². The van der Waals surface area contributed by atoms with Crippen molar-refractivity contribution in [2.24, 2.45) is 0 Å². The van der Waals surface area contributed by atoms with Gasteiger partial charge >= 0.3 is 5.97 Å². The molecule has 1 aliphatic rings. The fourth-order valence-electron chi connectivity index (χ4n) is 1.64. The molecule has 0 bridgehead atoms. The monoisotopic (exact) mass is 187 g/mol. The van der Waals surface area contributed by atoms with Crippen LogP contribution in [-0.2, 0) is 9.53 Å². The molecule has 0 aromatic heterocycles. The minimum absolute atomic E-state index is 0.176. The maximum Gasteiger partial charge on any atom is 0.329 e. The number of nitrogens with zero attached hydrogens (tertiary/aromatic N) is 1. The summed E-state index contributed by atoms with van der Waals surface area (Å²) < 4.78 is 5.06. The molecule has 1 fully saturated rings. The van der Waals surface area contributed by atoms with Crippen molar-refractivity contribution < 1.29 is 14.6 Å². The Balaban J connectivity index is 2.15. The molecule has 13 heavy (non-hydrogen) atoms. The lowest BCUT2D eigenvalue weighted by molar-refractivity contribution is -0.142. The van der Waals surface area contributed by atoms with Crippen LogP contribution in [0, 0.1) is 0 Å². The number of carboxylic acid groups (broad SMARTS) is 1. The normalized spacial score (nSPS) is 24.5. The molecule has 1 heterocycles. The number of aliphatic carboxylic acids is 1. The number of piperidine rings is 1. The van der Waals surface area contributed by atoms with E-state index in [9.17, 15) is 4.79 Å². The van der Waals surface area contributed by atoms with Gasteiger partial charge in [-0.2, -0.15) is 0 Å². The lowest BCUT2D eigenvalue weighted by Crippen LogP contribution is -2.39. The van der Waals surface area contributed by atoms with Gasteiger partial charge in [-0.3, -0.25) is 0 Å². The predicted octanol–water partition coefficient (Wildman–Crippen LogP) is 0.572. The molecule has 1 atom stereocenters. The highest BCUT2D eigenvalue weighted by molar-refractivity contribution is 5.67. The van der Waals surface area contributed by atoms with Gasteiger partial charge in [-0.25, -0.2) is 4.79 Å². The minimum Gasteiger partial charge on any atom is -0.480 e. The van der Waals surface area contributed by atoms with Gasteiger partial charge in [0.05, 0.1) is 6.61 Å². The Morgan fingerprint density at radius 2 is 2.38 bits per heavy atom. The van der Waals surface area contributed by atoms with E-state index in [1.165, 1.54) is 12.8 Å². The van der Waals surface area contributed by atoms with Crippen LogP contribution >= 0.6 is 0 Å². The van der Waals surface area contributed by atoms with Crippen LogP contribution in [-0.4, -0.2) is 48.8 Å². The highest BCUT2D eigenvalue weighted by Crippen LogP contribution is 2.14. The van der Waals surface area contributed by atoms with E-state index >= 15 is 0 Å². The maximum absolute atomic E-state index is 10.2. The van der Waals surface area contributed by atoms with Crippen LogP contribution in [0.1, 0.15) is 19.3 Å². The number of likely N-dealkylation sites (tertiary alicyclic amines) is 1. The summed E-state index contributed by atoms with van der Waals surface area (Å²) in [5.41, 5.74) is 0. The Hall–Kier alpha value is -0.610. The minimum atomic E-state index is -0.890. The standard InChI is InChI=1S/C9H17NO3/c1-10-5-3-2-4-8(10)6-13-7-9(11)12/h8H,2-7H2,1H3,(H,11,12). The fraction of sp³-hybridized carbons (Fsp3) is 0.889. The average Bonchev–Trinajstić information content (AvgIpc) is 2.08. The lowest BCUT2D eigenvalue weighted by Gasteiger charge is -2.31. The second-order valence-electron chi connectivity index (χ2n) is 3.54. The zero-order valence-electron chi connectivity index (χ0n) is 8.03. The largest absolute Gasteiger partial charge is 0.480 e. The van der Waals surface area contributed by atoms with Crippen LogP contribution in [0.25, 0.3) is 0 Å². The summed E-state index contributed by atoms with van der Waals surface area (Å²) in [6.45, 7) is 1.47. The van der Waals surface area contributed by atoms with Crippen LogP contribution in [0.2, 0.25) is 0 Å². The number of hydrogen-bond acceptors (Lipinski definition) is 3. The molecule has 0 aromatic carbocycles. The smallest absolute Gasteiger partial charge is 0.329 e. The summed E-state index contributed by atoms with van der Waals surface area (Å²) in [4.78, 5) is 12.4. The van der Waals surface area contributed by atoms with Crippen LogP contribution in [0.3, 0.4) is 0 Å². The third-order valence-electron chi connectivity index (χ3n) is 2.46. The van der Waals surface area contributed by atoms with Gasteiger partial charge in [0.15, 0.2) is 0 Å². The van der Waals surface area contributed by atoms with Crippen LogP contribution in [0.5, 0.6) is 0 Å². The van der Waals surface area contributed by atoms with Crippen LogP contribution < -0.4 is 0 Å². The Kier molecular flexibility index (Phi) is 4.18. The van der Waals surface area contributed by atoms with E-state index in [0.29, 0.717) is 12.6 Å². The van der Waals surface area contributed by atoms with Crippen molar-refractivity contribution in [3.8, 4) is 0 Å². The molecule has 0 saturated carbocycles. The number of likely N-dealkylation sites (N-methyl/N-ethyl adjacent to an activating group) is 1. The summed E-state index contributed by atoms with van der Waals surface area (Å²) in [6, 6.07) is 0.410. The molecule has 1 rings (SSSR count). The summed E-state index contributed by atoms with van der Waals surface area (Å²) in [7, 11) is 2.06. The number of rotatable bonds is 4. The average molecular weight is 187 g/mol. The first kappa shape index (κ1) is 10.5. The van der Waals surface area contributed by atoms with E-state index in [2.05, 4.69) is 11.9 Å². The van der Waals surface area contributed by atoms with Gasteiger partial charge in [0, 0.05) is 6.04 Å². The molecule has 1 unspecified atom stereocenters. The van der Waals surface area contributed by atoms with Gasteiger partial charge in [-0.05, 0) is 26.4 Å². The highest BCUT2D eigenvalue weighted by Gasteiger charge is 2.18. The molecular weight excluding hydrogens is 170 g/mol. The van der Waals surface area contributed by atoms with Gasteiger partial charge in [-0.15, -0.1) is 0 Å². The molecule has 0 spiro atoms. The zero-order valence-corrected chi connectivity index (χ0v) is 8.03. The molecule has 4 heteroatoms. The Morgan fingerprint density at radius 1 is 1.62 bits per heavy atom. The summed E-state index contributed by atoms with van der Waals surface area (Å²) >= 11 is 0. The molecule has 76 valence electrons. The molecule has 1 N–H and O–H groups in total. The number of carboxylic acids is 1. The molecule has 0 radical (unpaired) electrons. The van der Waals surface area contributed by atoms with Gasteiger partial charge in [0.25, 0.3) is 0 Å². The Morgan fingerprint density at radius 3 is 3.00 bits per heavy atom. The fourth-order valence-corrected chi connectivity index (χ4v) is 1.64. The quantitative estimate of drug-likeness (QED) is 0.699. The van der Waals surface area contributed by atoms with E-state index in [1.54, 1.807) is 0 Å². The van der Waals surface area contributed by atoms with Crippen molar-refractivity contribution >= 4 is 5.97 Å². The Labute approximate surface area is 78.5 Å². The van der Waals surface area contributed by atoms with E-state index < -0.39 is 5.97 Å². The van der Waals surface area contributed by atoms with Crippen LogP contribution in [0.15, 0.2) is 0 Å². The van der Waals surface area contributed by atoms with Gasteiger partial charge in [-0.1, -0.05) is 6.42 Å². The van der Waals surface area contributed by atoms with Crippen molar-refractivity contribution in [1.82, 2.24) is 4.90 Å². The third kappa shape index (κ3) is 3.74. The van der Waals surface area contributed by atoms with E-state index in [4.69, 9.17) is 9.84 Å². The maximum atomic E-state index is 10.2. The molecule has 0 aliphatic carbocycles. The second kappa shape index (κ2) is 5.19. The van der Waals surface area contributed by atoms with Crippen LogP contribution in [0.4, 0.5) is 0 Å². The summed E-state index contributed by atoms with van der Waals surface area (Å²) in [5.74, 6) is -0.890. The molecule has 4 nitrogen and oxygen atoms in total. The molecule has 1 aliphatic heterocycles. The molecule has 0 amide bonds. The molecular formula is C9H17NO3. The summed E-state index contributed by atoms with van der Waals surface area (Å²) in [5, 5.41) is 8.37. The van der Waals surface area contributed by atoms with E-state index in [0.717, 1.165) is 13.0 Å². The number of carbonyl (C=O) groups is 1. The van der Waals surface area contributed by atoms with E-state index in [1.807, 2.05) is 0 Å². The third-order valence-corrected chi connectivity index (χ3v) is 2.46. The first-order valence-electron chi connectivity index (χ1n) is 4.70. The highest BCUT2D eigenvalue weighted by atomic mass is 16.5. The topological polar surface area (TPSA) is 49.8 Å². The SMILES string of the molecule is CN1CCCCC1COCC(=O)O. The van der Waals surface area contributed by atoms with Crippen molar-refractivity contribution in [1.29, 1.82) is 0 Å². The first-order valence-corrected chi connectivity index (χ1v) is 4.70. The molecule has 0 aromatic rings. The van der Waals surface area contributed by atoms with Gasteiger partial charge in [0.2, 0.25) is 0 Å².